The van der Waals surface area contributed by atoms with Crippen LogP contribution in [-0.2, 0) is 0 Å². The molecule has 0 saturated carbocycles. The van der Waals surface area contributed by atoms with Crippen molar-refractivity contribution in [3.8, 4) is 5.75 Å². The molecule has 1 aliphatic heterocycles. The number of ether oxygens (including phenoxy) is 1. The van der Waals surface area contributed by atoms with Crippen LogP contribution < -0.4 is 10.5 Å². The van der Waals surface area contributed by atoms with Gasteiger partial charge in [0.15, 0.2) is 0 Å². The highest BCUT2D eigenvalue weighted by atomic mass is 16.5. The third kappa shape index (κ3) is 3.45. The standard InChI is InChI=1S/C14H22N2O/c1-2-8-14(15)11-16(12-14)9-10-17-13-6-4-3-5-7-13/h3-7H,2,8-12,15H2,1H3. The van der Waals surface area contributed by atoms with Crippen LogP contribution >= 0.6 is 0 Å². The third-order valence-electron chi connectivity index (χ3n) is 3.24. The van der Waals surface area contributed by atoms with E-state index in [4.69, 9.17) is 10.5 Å². The van der Waals surface area contributed by atoms with E-state index in [9.17, 15) is 0 Å². The zero-order valence-electron chi connectivity index (χ0n) is 10.6. The molecule has 0 unspecified atom stereocenters. The van der Waals surface area contributed by atoms with Crippen molar-refractivity contribution in [3.05, 3.63) is 30.3 Å². The van der Waals surface area contributed by atoms with Gasteiger partial charge < -0.3 is 10.5 Å². The first-order valence-electron chi connectivity index (χ1n) is 6.41. The number of hydrogen-bond donors (Lipinski definition) is 1. The van der Waals surface area contributed by atoms with E-state index in [0.29, 0.717) is 0 Å². The fraction of sp³-hybridized carbons (Fsp3) is 0.571. The Kier molecular flexibility index (Phi) is 4.02. The molecule has 1 aromatic carbocycles. The number of hydrogen-bond acceptors (Lipinski definition) is 3. The highest BCUT2D eigenvalue weighted by molar-refractivity contribution is 5.20. The Morgan fingerprint density at radius 2 is 2.00 bits per heavy atom. The van der Waals surface area contributed by atoms with E-state index in [1.54, 1.807) is 0 Å². The fourth-order valence-corrected chi connectivity index (χ4v) is 2.47. The Hall–Kier alpha value is -1.06. The Morgan fingerprint density at radius 1 is 1.29 bits per heavy atom. The molecule has 3 heteroatoms. The van der Waals surface area contributed by atoms with Gasteiger partial charge >= 0.3 is 0 Å². The van der Waals surface area contributed by atoms with Crippen molar-refractivity contribution in [2.75, 3.05) is 26.2 Å². The van der Waals surface area contributed by atoms with Crippen molar-refractivity contribution >= 4 is 0 Å². The second-order valence-corrected chi connectivity index (χ2v) is 4.98. The largest absolute Gasteiger partial charge is 0.492 e. The second-order valence-electron chi connectivity index (χ2n) is 4.98. The smallest absolute Gasteiger partial charge is 0.119 e. The number of rotatable bonds is 6. The van der Waals surface area contributed by atoms with E-state index in [0.717, 1.165) is 38.4 Å². The van der Waals surface area contributed by atoms with E-state index in [2.05, 4.69) is 11.8 Å². The van der Waals surface area contributed by atoms with E-state index in [-0.39, 0.29) is 5.54 Å². The van der Waals surface area contributed by atoms with E-state index < -0.39 is 0 Å². The molecule has 0 atom stereocenters. The van der Waals surface area contributed by atoms with Gasteiger partial charge in [0, 0.05) is 25.2 Å². The van der Waals surface area contributed by atoms with Gasteiger partial charge in [0.25, 0.3) is 0 Å². The summed E-state index contributed by atoms with van der Waals surface area (Å²) in [5.74, 6) is 0.945. The summed E-state index contributed by atoms with van der Waals surface area (Å²) in [6.07, 6.45) is 2.30. The van der Waals surface area contributed by atoms with Crippen LogP contribution in [0.15, 0.2) is 30.3 Å². The van der Waals surface area contributed by atoms with Gasteiger partial charge in [-0.15, -0.1) is 0 Å². The summed E-state index contributed by atoms with van der Waals surface area (Å²) in [4.78, 5) is 2.36. The Balaban J connectivity index is 1.62. The summed E-state index contributed by atoms with van der Waals surface area (Å²) < 4.78 is 5.66. The predicted octanol–water partition coefficient (Wildman–Crippen LogP) is 1.88. The molecule has 1 aromatic rings. The minimum absolute atomic E-state index is 0.0709. The minimum Gasteiger partial charge on any atom is -0.492 e. The molecular weight excluding hydrogens is 212 g/mol. The Morgan fingerprint density at radius 3 is 2.65 bits per heavy atom. The van der Waals surface area contributed by atoms with Gasteiger partial charge in [0.05, 0.1) is 0 Å². The molecule has 0 aromatic heterocycles. The lowest BCUT2D eigenvalue weighted by Crippen LogP contribution is -2.67. The molecule has 1 saturated heterocycles. The van der Waals surface area contributed by atoms with Crippen LogP contribution in [0.25, 0.3) is 0 Å². The Bertz CT molecular complexity index is 333. The maximum atomic E-state index is 6.20. The molecule has 1 fully saturated rings. The van der Waals surface area contributed by atoms with Gasteiger partial charge in [0.2, 0.25) is 0 Å². The monoisotopic (exact) mass is 234 g/mol. The average molecular weight is 234 g/mol. The molecule has 1 aliphatic rings. The molecule has 2 N–H and O–H groups in total. The number of benzene rings is 1. The van der Waals surface area contributed by atoms with Gasteiger partial charge in [0.1, 0.15) is 12.4 Å². The summed E-state index contributed by atoms with van der Waals surface area (Å²) >= 11 is 0. The first kappa shape index (κ1) is 12.4. The molecule has 0 amide bonds. The molecule has 0 bridgehead atoms. The lowest BCUT2D eigenvalue weighted by Gasteiger charge is -2.47. The van der Waals surface area contributed by atoms with Crippen molar-refractivity contribution in [1.82, 2.24) is 4.90 Å². The van der Waals surface area contributed by atoms with Gasteiger partial charge in [-0.25, -0.2) is 0 Å². The van der Waals surface area contributed by atoms with E-state index in [1.807, 2.05) is 30.3 Å². The third-order valence-corrected chi connectivity index (χ3v) is 3.24. The van der Waals surface area contributed by atoms with Crippen molar-refractivity contribution in [3.63, 3.8) is 0 Å². The summed E-state index contributed by atoms with van der Waals surface area (Å²) in [6, 6.07) is 9.95. The van der Waals surface area contributed by atoms with E-state index >= 15 is 0 Å². The van der Waals surface area contributed by atoms with E-state index in [1.165, 1.54) is 6.42 Å². The van der Waals surface area contributed by atoms with Crippen molar-refractivity contribution in [2.45, 2.75) is 25.3 Å². The van der Waals surface area contributed by atoms with Gasteiger partial charge in [-0.2, -0.15) is 0 Å². The number of likely N-dealkylation sites (tertiary alicyclic amines) is 1. The number of nitrogens with zero attached hydrogens (tertiary/aromatic N) is 1. The van der Waals surface area contributed by atoms with Crippen LogP contribution in [-0.4, -0.2) is 36.7 Å². The first-order valence-corrected chi connectivity index (χ1v) is 6.41. The first-order chi connectivity index (χ1) is 8.22. The lowest BCUT2D eigenvalue weighted by molar-refractivity contribution is 0.0514. The topological polar surface area (TPSA) is 38.5 Å². The van der Waals surface area contributed by atoms with Crippen molar-refractivity contribution in [2.24, 2.45) is 5.73 Å². The maximum Gasteiger partial charge on any atom is 0.119 e. The number of nitrogens with two attached hydrogens (primary N) is 1. The van der Waals surface area contributed by atoms with Gasteiger partial charge in [-0.05, 0) is 18.6 Å². The molecule has 3 nitrogen and oxygen atoms in total. The molecule has 0 aliphatic carbocycles. The predicted molar refractivity (Wildman–Crippen MR) is 70.2 cm³/mol. The number of para-hydroxylation sites is 1. The second kappa shape index (κ2) is 5.52. The van der Waals surface area contributed by atoms with Gasteiger partial charge in [-0.3, -0.25) is 4.90 Å². The van der Waals surface area contributed by atoms with Crippen LogP contribution in [0, 0.1) is 0 Å². The van der Waals surface area contributed by atoms with Crippen LogP contribution in [0.4, 0.5) is 0 Å². The van der Waals surface area contributed by atoms with Crippen LogP contribution in [0.2, 0.25) is 0 Å². The minimum atomic E-state index is 0.0709. The van der Waals surface area contributed by atoms with Crippen molar-refractivity contribution in [1.29, 1.82) is 0 Å². The summed E-state index contributed by atoms with van der Waals surface area (Å²) in [5, 5.41) is 0. The fourth-order valence-electron chi connectivity index (χ4n) is 2.47. The van der Waals surface area contributed by atoms with Crippen molar-refractivity contribution < 1.29 is 4.74 Å². The molecule has 94 valence electrons. The molecule has 17 heavy (non-hydrogen) atoms. The molecule has 1 heterocycles. The summed E-state index contributed by atoms with van der Waals surface area (Å²) in [6.45, 7) is 5.93. The van der Waals surface area contributed by atoms with Crippen LogP contribution in [0.5, 0.6) is 5.75 Å². The molecular formula is C14H22N2O. The highest BCUT2D eigenvalue weighted by Gasteiger charge is 2.37. The zero-order valence-corrected chi connectivity index (χ0v) is 10.6. The molecule has 2 rings (SSSR count). The molecule has 0 radical (unpaired) electrons. The van der Waals surface area contributed by atoms with Gasteiger partial charge in [-0.1, -0.05) is 31.5 Å². The SMILES string of the molecule is CCCC1(N)CN(CCOc2ccccc2)C1. The molecule has 0 spiro atoms. The van der Waals surface area contributed by atoms with Crippen LogP contribution in [0.1, 0.15) is 19.8 Å². The highest BCUT2D eigenvalue weighted by Crippen LogP contribution is 2.22. The summed E-state index contributed by atoms with van der Waals surface area (Å²) in [5.41, 5.74) is 6.28. The lowest BCUT2D eigenvalue weighted by atomic mass is 9.86. The normalized spacial score (nSPS) is 18.7. The zero-order chi connectivity index (χ0) is 12.1. The average Bonchev–Trinajstić information content (AvgIpc) is 2.28. The van der Waals surface area contributed by atoms with Crippen LogP contribution in [0.3, 0.4) is 0 Å². The quantitative estimate of drug-likeness (QED) is 0.816. The maximum absolute atomic E-state index is 6.20. The summed E-state index contributed by atoms with van der Waals surface area (Å²) in [7, 11) is 0. The Labute approximate surface area is 104 Å².